The second kappa shape index (κ2) is 8.12. The number of fused-ring (bicyclic) bond motifs is 1. The summed E-state index contributed by atoms with van der Waals surface area (Å²) in [6.45, 7) is 3.46. The number of nitrogens with one attached hydrogen (secondary N) is 2. The molecule has 0 saturated heterocycles. The average molecular weight is 480 g/mol. The maximum atomic E-state index is 13.5. The van der Waals surface area contributed by atoms with E-state index >= 15 is 0 Å². The number of rotatable bonds is 5. The molecule has 0 amide bonds. The van der Waals surface area contributed by atoms with E-state index in [-0.39, 0.29) is 45.0 Å². The smallest absolute Gasteiger partial charge is 0.268 e. The fourth-order valence-corrected chi connectivity index (χ4v) is 3.83. The lowest BCUT2D eigenvalue weighted by atomic mass is 10.2. The van der Waals surface area contributed by atoms with Gasteiger partial charge in [0.2, 0.25) is 5.95 Å². The summed E-state index contributed by atoms with van der Waals surface area (Å²) in [6, 6.07) is 6.12. The van der Waals surface area contributed by atoms with Gasteiger partial charge in [-0.3, -0.25) is 9.89 Å². The van der Waals surface area contributed by atoms with Gasteiger partial charge in [0.25, 0.3) is 11.4 Å². The van der Waals surface area contributed by atoms with E-state index in [0.29, 0.717) is 23.0 Å². The van der Waals surface area contributed by atoms with Crippen molar-refractivity contribution in [1.29, 1.82) is 0 Å². The molecule has 0 fully saturated rings. The zero-order chi connectivity index (χ0) is 24.0. The van der Waals surface area contributed by atoms with Crippen LogP contribution in [0.5, 0.6) is 0 Å². The standard InChI is InChI=1S/C20H18ClN11O2/c1-8(25-16-14(15(22)28-20(23)29-16)18-26-9(2)31-34-18)17-27-11-5-3-4-10(21)13(11)19(33)32(17)12-6-7-24-30-12/h3-8H,1-2H3,(H,24,30)(H5,22,23,25,28,29)/t8-/m0/s1. The Labute approximate surface area is 196 Å². The van der Waals surface area contributed by atoms with E-state index in [1.165, 1.54) is 4.57 Å². The van der Waals surface area contributed by atoms with E-state index in [9.17, 15) is 4.79 Å². The van der Waals surface area contributed by atoms with Gasteiger partial charge in [0.1, 0.15) is 23.0 Å². The number of benzene rings is 1. The molecule has 0 spiro atoms. The number of nitrogens with zero attached hydrogens (tertiary/aromatic N) is 7. The van der Waals surface area contributed by atoms with Gasteiger partial charge in [-0.25, -0.2) is 9.55 Å². The van der Waals surface area contributed by atoms with Gasteiger partial charge in [-0.2, -0.15) is 20.1 Å². The van der Waals surface area contributed by atoms with Gasteiger partial charge in [0.15, 0.2) is 11.6 Å². The third kappa shape index (κ3) is 3.57. The predicted molar refractivity (Wildman–Crippen MR) is 125 cm³/mol. The highest BCUT2D eigenvalue weighted by atomic mass is 35.5. The van der Waals surface area contributed by atoms with Gasteiger partial charge in [-0.1, -0.05) is 22.8 Å². The van der Waals surface area contributed by atoms with Crippen molar-refractivity contribution in [2.45, 2.75) is 19.9 Å². The number of hydrogen-bond donors (Lipinski definition) is 4. The molecule has 13 nitrogen and oxygen atoms in total. The molecule has 0 aliphatic rings. The van der Waals surface area contributed by atoms with Crippen LogP contribution in [0.15, 0.2) is 39.8 Å². The van der Waals surface area contributed by atoms with Crippen molar-refractivity contribution in [1.82, 2.24) is 39.9 Å². The van der Waals surface area contributed by atoms with Gasteiger partial charge < -0.3 is 21.3 Å². The van der Waals surface area contributed by atoms with Gasteiger partial charge in [-0.05, 0) is 26.0 Å². The van der Waals surface area contributed by atoms with Crippen LogP contribution in [0.2, 0.25) is 5.02 Å². The fraction of sp³-hybridized carbons (Fsp3) is 0.150. The van der Waals surface area contributed by atoms with Crippen LogP contribution < -0.4 is 22.3 Å². The first-order chi connectivity index (χ1) is 16.3. The largest absolute Gasteiger partial charge is 0.383 e. The minimum absolute atomic E-state index is 0.0498. The van der Waals surface area contributed by atoms with Crippen molar-refractivity contribution in [2.24, 2.45) is 0 Å². The quantitative estimate of drug-likeness (QED) is 0.288. The first kappa shape index (κ1) is 21.3. The van der Waals surface area contributed by atoms with Crippen LogP contribution in [0, 0.1) is 6.92 Å². The normalized spacial score (nSPS) is 12.2. The number of aromatic amines is 1. The van der Waals surface area contributed by atoms with Crippen LogP contribution in [0.3, 0.4) is 0 Å². The van der Waals surface area contributed by atoms with Crippen LogP contribution in [-0.4, -0.2) is 39.9 Å². The SMILES string of the molecule is Cc1noc(-c2c(N)nc(N)nc2N[C@@H](C)c2nc3cccc(Cl)c3c(=O)n2-c2cc[nH]n2)n1. The van der Waals surface area contributed by atoms with Gasteiger partial charge in [0.05, 0.1) is 22.0 Å². The summed E-state index contributed by atoms with van der Waals surface area (Å²) in [7, 11) is 0. The number of nitrogens with two attached hydrogens (primary N) is 2. The molecule has 6 N–H and O–H groups in total. The number of hydrogen-bond acceptors (Lipinski definition) is 11. The lowest BCUT2D eigenvalue weighted by Gasteiger charge is -2.20. The molecule has 0 aliphatic carbocycles. The average Bonchev–Trinajstić information content (AvgIpc) is 3.45. The van der Waals surface area contributed by atoms with Gasteiger partial charge >= 0.3 is 0 Å². The molecule has 0 saturated carbocycles. The molecule has 5 aromatic rings. The van der Waals surface area contributed by atoms with Crippen molar-refractivity contribution in [3.8, 4) is 17.3 Å². The Kier molecular flexibility index (Phi) is 5.09. The summed E-state index contributed by atoms with van der Waals surface area (Å²) in [6.07, 6.45) is 1.60. The van der Waals surface area contributed by atoms with E-state index in [4.69, 9.17) is 32.6 Å². The molecule has 34 heavy (non-hydrogen) atoms. The van der Waals surface area contributed by atoms with Crippen LogP contribution in [0.1, 0.15) is 24.6 Å². The first-order valence-corrected chi connectivity index (χ1v) is 10.4. The molecule has 1 aromatic carbocycles. The fourth-order valence-electron chi connectivity index (χ4n) is 3.58. The van der Waals surface area contributed by atoms with Gasteiger partial charge in [0, 0.05) is 12.3 Å². The number of anilines is 3. The maximum absolute atomic E-state index is 13.5. The number of nitrogen functional groups attached to an aromatic ring is 2. The molecule has 0 radical (unpaired) electrons. The molecule has 0 unspecified atom stereocenters. The Morgan fingerprint density at radius 2 is 2.00 bits per heavy atom. The highest BCUT2D eigenvalue weighted by Gasteiger charge is 2.24. The molecule has 4 aromatic heterocycles. The Balaban J connectivity index is 1.68. The Morgan fingerprint density at radius 1 is 1.18 bits per heavy atom. The molecule has 172 valence electrons. The lowest BCUT2D eigenvalue weighted by Crippen LogP contribution is -2.28. The molecule has 0 bridgehead atoms. The molecule has 5 rings (SSSR count). The monoisotopic (exact) mass is 479 g/mol. The van der Waals surface area contributed by atoms with Crippen molar-refractivity contribution in [3.05, 3.63) is 57.5 Å². The van der Waals surface area contributed by atoms with Crippen LogP contribution >= 0.6 is 11.6 Å². The third-order valence-electron chi connectivity index (χ3n) is 5.02. The minimum Gasteiger partial charge on any atom is -0.383 e. The number of H-pyrrole nitrogens is 1. The molecule has 4 heterocycles. The number of halogens is 1. The van der Waals surface area contributed by atoms with E-state index in [1.807, 2.05) is 0 Å². The van der Waals surface area contributed by atoms with Crippen molar-refractivity contribution < 1.29 is 4.52 Å². The van der Waals surface area contributed by atoms with Crippen LogP contribution in [0.4, 0.5) is 17.6 Å². The minimum atomic E-state index is -0.593. The van der Waals surface area contributed by atoms with E-state index in [2.05, 4.69) is 35.6 Å². The highest BCUT2D eigenvalue weighted by molar-refractivity contribution is 6.35. The number of aromatic nitrogens is 8. The second-order valence-electron chi connectivity index (χ2n) is 7.38. The molecular formula is C20H18ClN11O2. The maximum Gasteiger partial charge on any atom is 0.268 e. The van der Waals surface area contributed by atoms with Crippen LogP contribution in [-0.2, 0) is 0 Å². The van der Waals surface area contributed by atoms with Crippen molar-refractivity contribution in [3.63, 3.8) is 0 Å². The number of aryl methyl sites for hydroxylation is 1. The zero-order valence-electron chi connectivity index (χ0n) is 17.9. The second-order valence-corrected chi connectivity index (χ2v) is 7.79. The Morgan fingerprint density at radius 3 is 2.71 bits per heavy atom. The molecule has 14 heteroatoms. The van der Waals surface area contributed by atoms with Crippen LogP contribution in [0.25, 0.3) is 28.2 Å². The predicted octanol–water partition coefficient (Wildman–Crippen LogP) is 2.25. The third-order valence-corrected chi connectivity index (χ3v) is 5.34. The topological polar surface area (TPSA) is 192 Å². The highest BCUT2D eigenvalue weighted by Crippen LogP contribution is 2.33. The summed E-state index contributed by atoms with van der Waals surface area (Å²) in [5.74, 6) is 1.44. The first-order valence-electron chi connectivity index (χ1n) is 10.0. The molecule has 1 atom stereocenters. The van der Waals surface area contributed by atoms with E-state index < -0.39 is 6.04 Å². The summed E-state index contributed by atoms with van der Waals surface area (Å²) in [4.78, 5) is 30.7. The summed E-state index contributed by atoms with van der Waals surface area (Å²) < 4.78 is 6.64. The van der Waals surface area contributed by atoms with E-state index in [0.717, 1.165) is 0 Å². The summed E-state index contributed by atoms with van der Waals surface area (Å²) in [5.41, 5.74) is 12.3. The van der Waals surface area contributed by atoms with E-state index in [1.54, 1.807) is 44.3 Å². The summed E-state index contributed by atoms with van der Waals surface area (Å²) >= 11 is 6.32. The lowest BCUT2D eigenvalue weighted by molar-refractivity contribution is 0.425. The molecule has 0 aliphatic heterocycles. The molecular weight excluding hydrogens is 462 g/mol. The zero-order valence-corrected chi connectivity index (χ0v) is 18.7. The van der Waals surface area contributed by atoms with Gasteiger partial charge in [-0.15, -0.1) is 0 Å². The summed E-state index contributed by atoms with van der Waals surface area (Å²) in [5, 5.41) is 14.4. The van der Waals surface area contributed by atoms with Crippen molar-refractivity contribution in [2.75, 3.05) is 16.8 Å². The Hall–Kier alpha value is -4.52. The Bertz CT molecular complexity index is 1580. The van der Waals surface area contributed by atoms with Crippen molar-refractivity contribution >= 4 is 40.1 Å².